The summed E-state index contributed by atoms with van der Waals surface area (Å²) in [5.74, 6) is -8.78. The van der Waals surface area contributed by atoms with Gasteiger partial charge in [-0.15, -0.1) is 0 Å². The Bertz CT molecular complexity index is 213. The van der Waals surface area contributed by atoms with Gasteiger partial charge in [-0.3, -0.25) is 8.78 Å². The average Bonchev–Trinajstić information content (AvgIpc) is 2.41. The third kappa shape index (κ3) is 11.8. The molecule has 0 N–H and O–H groups in total. The molecule has 0 rings (SSSR count). The van der Waals surface area contributed by atoms with Gasteiger partial charge in [-0.05, 0) is 6.92 Å². The maximum absolute atomic E-state index is 11.8. The number of hydrogen-bond donors (Lipinski definition) is 0. The molecule has 0 aromatic carbocycles. The molecule has 0 aliphatic heterocycles. The van der Waals surface area contributed by atoms with Gasteiger partial charge in [-0.25, -0.2) is 22.0 Å². The smallest absolute Gasteiger partial charge is 0.255 e. The van der Waals surface area contributed by atoms with E-state index < -0.39 is 37.0 Å². The van der Waals surface area contributed by atoms with E-state index in [2.05, 4.69) is 0 Å². The molecule has 0 fully saturated rings. The van der Waals surface area contributed by atoms with Crippen LogP contribution in [-0.4, -0.2) is 51.4 Å². The van der Waals surface area contributed by atoms with Crippen molar-refractivity contribution in [3.8, 4) is 0 Å². The third-order valence-corrected chi connectivity index (χ3v) is 1.65. The van der Waals surface area contributed by atoms with Crippen molar-refractivity contribution in [3.05, 3.63) is 0 Å². The maximum atomic E-state index is 11.8. The van der Waals surface area contributed by atoms with Crippen LogP contribution < -0.4 is 0 Å². The Morgan fingerprint density at radius 2 is 0.864 bits per heavy atom. The van der Waals surface area contributed by atoms with Crippen molar-refractivity contribution >= 4 is 0 Å². The number of hydrogen-bond acceptors (Lipinski definition) is 0. The van der Waals surface area contributed by atoms with Crippen molar-refractivity contribution in [1.29, 1.82) is 0 Å². The molecule has 0 radical (unpaired) electrons. The molecule has 0 spiro atoms. The predicted molar refractivity (Wildman–Crippen MR) is 57.2 cm³/mol. The number of halogens is 12. The van der Waals surface area contributed by atoms with Gasteiger partial charge in [-0.1, -0.05) is 0 Å². The first-order valence-electron chi connectivity index (χ1n) is 5.01. The standard InChI is InChI=1S/2C4H5F5.2CH3F/c1-3(6,7)4(8,9)2-5;1-3(6,2-5)4(7,8)9;2*1-2/h2*2H2,1H3;2*1H3. The van der Waals surface area contributed by atoms with E-state index in [1.807, 2.05) is 0 Å². The molecule has 0 heterocycles. The van der Waals surface area contributed by atoms with Gasteiger partial charge in [0.05, 0.1) is 14.4 Å². The van der Waals surface area contributed by atoms with E-state index in [-0.39, 0.29) is 13.8 Å². The van der Waals surface area contributed by atoms with Gasteiger partial charge in [0.25, 0.3) is 0 Å². The first-order valence-corrected chi connectivity index (χ1v) is 5.01. The van der Waals surface area contributed by atoms with Crippen LogP contribution >= 0.6 is 0 Å². The highest BCUT2D eigenvalue weighted by Gasteiger charge is 2.52. The third-order valence-electron chi connectivity index (χ3n) is 1.65. The quantitative estimate of drug-likeness (QED) is 0.567. The van der Waals surface area contributed by atoms with Crippen molar-refractivity contribution in [3.63, 3.8) is 0 Å². The number of rotatable bonds is 3. The van der Waals surface area contributed by atoms with E-state index in [0.29, 0.717) is 14.4 Å². The van der Waals surface area contributed by atoms with Crippen LogP contribution in [0.3, 0.4) is 0 Å². The Kier molecular flexibility index (Phi) is 15.5. The molecule has 0 amide bonds. The molecule has 0 saturated carbocycles. The summed E-state index contributed by atoms with van der Waals surface area (Å²) in [6.45, 7) is -4.22. The number of alkyl halides is 12. The van der Waals surface area contributed by atoms with E-state index in [4.69, 9.17) is 0 Å². The lowest BCUT2D eigenvalue weighted by atomic mass is 10.1. The summed E-state index contributed by atoms with van der Waals surface area (Å²) in [5.41, 5.74) is -3.69. The van der Waals surface area contributed by atoms with Crippen LogP contribution in [0.15, 0.2) is 0 Å². The SMILES string of the molecule is CC(F)(CF)C(F)(F)F.CC(F)(F)C(F)(F)CF.CF.CF. The van der Waals surface area contributed by atoms with Crippen LogP contribution in [-0.2, 0) is 0 Å². The van der Waals surface area contributed by atoms with E-state index in [9.17, 15) is 52.7 Å². The lowest BCUT2D eigenvalue weighted by Gasteiger charge is -2.19. The van der Waals surface area contributed by atoms with Gasteiger partial charge in [0, 0.05) is 6.92 Å². The van der Waals surface area contributed by atoms with Gasteiger partial charge >= 0.3 is 18.0 Å². The molecular formula is C10H16F12. The zero-order valence-electron chi connectivity index (χ0n) is 11.9. The molecule has 0 aromatic rings. The van der Waals surface area contributed by atoms with Crippen molar-refractivity contribution in [2.45, 2.75) is 37.5 Å². The molecule has 0 bridgehead atoms. The van der Waals surface area contributed by atoms with Crippen LogP contribution in [0.5, 0.6) is 0 Å². The van der Waals surface area contributed by atoms with Crippen LogP contribution in [0.2, 0.25) is 0 Å². The predicted octanol–water partition coefficient (Wildman–Crippen LogP) is 5.66. The van der Waals surface area contributed by atoms with Crippen LogP contribution in [0.1, 0.15) is 13.8 Å². The van der Waals surface area contributed by atoms with Gasteiger partial charge in [0.15, 0.2) is 6.67 Å². The van der Waals surface area contributed by atoms with E-state index in [1.54, 1.807) is 0 Å². The average molecular weight is 364 g/mol. The molecule has 1 atom stereocenters. The lowest BCUT2D eigenvalue weighted by Crippen LogP contribution is -2.39. The molecule has 0 nitrogen and oxygen atoms in total. The van der Waals surface area contributed by atoms with Crippen molar-refractivity contribution in [2.75, 3.05) is 27.7 Å². The van der Waals surface area contributed by atoms with Crippen molar-refractivity contribution < 1.29 is 52.7 Å². The molecule has 12 heteroatoms. The van der Waals surface area contributed by atoms with Crippen LogP contribution in [0.25, 0.3) is 0 Å². The largest absolute Gasteiger partial charge is 0.424 e. The van der Waals surface area contributed by atoms with Gasteiger partial charge in [0.2, 0.25) is 5.67 Å². The second kappa shape index (κ2) is 11.7. The second-order valence-corrected chi connectivity index (χ2v) is 3.56. The first-order chi connectivity index (χ1) is 9.62. The normalized spacial score (nSPS) is 14.2. The van der Waals surface area contributed by atoms with E-state index >= 15 is 0 Å². The Morgan fingerprint density at radius 1 is 0.591 bits per heavy atom. The summed E-state index contributed by atoms with van der Waals surface area (Å²) in [6, 6.07) is 0. The highest BCUT2D eigenvalue weighted by atomic mass is 19.4. The van der Waals surface area contributed by atoms with Crippen molar-refractivity contribution in [2.24, 2.45) is 0 Å². The van der Waals surface area contributed by atoms with Gasteiger partial charge < -0.3 is 0 Å². The summed E-state index contributed by atoms with van der Waals surface area (Å²) in [7, 11) is 1.00. The highest BCUT2D eigenvalue weighted by molar-refractivity contribution is 4.80. The molecule has 140 valence electrons. The second-order valence-electron chi connectivity index (χ2n) is 3.56. The van der Waals surface area contributed by atoms with Crippen LogP contribution in [0, 0.1) is 0 Å². The molecular weight excluding hydrogens is 348 g/mol. The summed E-state index contributed by atoms with van der Waals surface area (Å²) >= 11 is 0. The summed E-state index contributed by atoms with van der Waals surface area (Å²) in [5, 5.41) is 0. The minimum absolute atomic E-state index is 0.0213. The van der Waals surface area contributed by atoms with Crippen LogP contribution in [0.4, 0.5) is 52.7 Å². The molecule has 1 unspecified atom stereocenters. The Labute approximate surface area is 119 Å². The van der Waals surface area contributed by atoms with Gasteiger partial charge in [-0.2, -0.15) is 22.0 Å². The maximum Gasteiger partial charge on any atom is 0.424 e. The minimum atomic E-state index is -5.10. The van der Waals surface area contributed by atoms with Crippen molar-refractivity contribution in [1.82, 2.24) is 0 Å². The Hall–Kier alpha value is -0.840. The fraction of sp³-hybridized carbons (Fsp3) is 1.00. The zero-order chi connectivity index (χ0) is 19.4. The Morgan fingerprint density at radius 3 is 0.864 bits per heavy atom. The Balaban J connectivity index is -0.000000120. The molecule has 0 aliphatic rings. The summed E-state index contributed by atoms with van der Waals surface area (Å²) in [6.07, 6.45) is -5.10. The fourth-order valence-electron chi connectivity index (χ4n) is 0.193. The van der Waals surface area contributed by atoms with E-state index in [1.165, 1.54) is 0 Å². The fourth-order valence-corrected chi connectivity index (χ4v) is 0.193. The molecule has 0 aliphatic carbocycles. The van der Waals surface area contributed by atoms with Gasteiger partial charge in [0.1, 0.15) is 6.67 Å². The molecule has 22 heavy (non-hydrogen) atoms. The molecule has 0 saturated heterocycles. The first kappa shape index (κ1) is 29.2. The van der Waals surface area contributed by atoms with E-state index in [0.717, 1.165) is 0 Å². The monoisotopic (exact) mass is 364 g/mol. The minimum Gasteiger partial charge on any atom is -0.255 e. The summed E-state index contributed by atoms with van der Waals surface area (Å²) < 4.78 is 133. The lowest BCUT2D eigenvalue weighted by molar-refractivity contribution is -0.227. The molecule has 0 aromatic heterocycles. The zero-order valence-corrected chi connectivity index (χ0v) is 11.9. The topological polar surface area (TPSA) is 0 Å². The summed E-state index contributed by atoms with van der Waals surface area (Å²) in [4.78, 5) is 0. The highest BCUT2D eigenvalue weighted by Crippen LogP contribution is 2.34.